The molecule has 1 fully saturated rings. The Morgan fingerprint density at radius 1 is 1.38 bits per heavy atom. The van der Waals surface area contributed by atoms with Crippen molar-refractivity contribution in [2.45, 2.75) is 38.6 Å². The lowest BCUT2D eigenvalue weighted by atomic mass is 10.0. The fraction of sp³-hybridized carbons (Fsp3) is 0.692. The number of hydrogen-bond donors (Lipinski definition) is 2. The van der Waals surface area contributed by atoms with Crippen LogP contribution in [-0.4, -0.2) is 41.8 Å². The zero-order valence-electron chi connectivity index (χ0n) is 12.4. The minimum Gasteiger partial charge on any atom is -0.468 e. The van der Waals surface area contributed by atoms with Gasteiger partial charge in [-0.1, -0.05) is 18.9 Å². The molecule has 1 amide bonds. The van der Waals surface area contributed by atoms with E-state index in [1.54, 1.807) is 0 Å². The van der Waals surface area contributed by atoms with Crippen molar-refractivity contribution < 1.29 is 18.7 Å². The molecule has 1 saturated carbocycles. The molecule has 1 aliphatic rings. The number of ether oxygens (including phenoxy) is 1. The third-order valence-corrected chi connectivity index (χ3v) is 3.22. The molecule has 21 heavy (non-hydrogen) atoms. The number of anilines is 1. The van der Waals surface area contributed by atoms with Crippen LogP contribution in [0.5, 0.6) is 0 Å². The summed E-state index contributed by atoms with van der Waals surface area (Å²) in [5, 5.41) is 13.0. The fourth-order valence-corrected chi connectivity index (χ4v) is 1.86. The predicted octanol–water partition coefficient (Wildman–Crippen LogP) is 0.673. The Hall–Kier alpha value is -1.96. The second-order valence-corrected chi connectivity index (χ2v) is 5.39. The first-order chi connectivity index (χ1) is 10.0. The maximum Gasteiger partial charge on any atom is 0.323 e. The van der Waals surface area contributed by atoms with Crippen molar-refractivity contribution in [1.82, 2.24) is 15.5 Å². The van der Waals surface area contributed by atoms with Gasteiger partial charge in [0.15, 0.2) is 0 Å². The normalized spacial score (nSPS) is 15.8. The quantitative estimate of drug-likeness (QED) is 0.712. The van der Waals surface area contributed by atoms with Gasteiger partial charge >= 0.3 is 12.0 Å². The lowest BCUT2D eigenvalue weighted by Gasteiger charge is -2.19. The van der Waals surface area contributed by atoms with Gasteiger partial charge in [0.1, 0.15) is 6.04 Å². The average molecular weight is 296 g/mol. The van der Waals surface area contributed by atoms with Crippen LogP contribution in [-0.2, 0) is 14.3 Å². The van der Waals surface area contributed by atoms with E-state index < -0.39 is 12.0 Å². The summed E-state index contributed by atoms with van der Waals surface area (Å²) in [6.07, 6.45) is 2.10. The number of aromatic nitrogens is 2. The van der Waals surface area contributed by atoms with Crippen LogP contribution in [0.3, 0.4) is 0 Å². The van der Waals surface area contributed by atoms with E-state index >= 15 is 0 Å². The summed E-state index contributed by atoms with van der Waals surface area (Å²) in [6.45, 7) is 3.69. The van der Waals surface area contributed by atoms with Crippen LogP contribution >= 0.6 is 0 Å². The average Bonchev–Trinajstić information content (AvgIpc) is 3.19. The maximum absolute atomic E-state index is 11.8. The lowest BCUT2D eigenvalue weighted by molar-refractivity contribution is -0.144. The molecule has 0 aromatic carbocycles. The zero-order chi connectivity index (χ0) is 15.4. The van der Waals surface area contributed by atoms with Crippen molar-refractivity contribution in [2.24, 2.45) is 5.92 Å². The van der Waals surface area contributed by atoms with Crippen molar-refractivity contribution in [3.8, 4) is 0 Å². The monoisotopic (exact) mass is 296 g/mol. The highest BCUT2D eigenvalue weighted by Gasteiger charge is 2.29. The van der Waals surface area contributed by atoms with Gasteiger partial charge in [-0.2, -0.15) is 0 Å². The number of nitrogens with zero attached hydrogens (tertiary/aromatic N) is 2. The van der Waals surface area contributed by atoms with Crippen LogP contribution in [0, 0.1) is 5.92 Å². The molecular weight excluding hydrogens is 276 g/mol. The smallest absolute Gasteiger partial charge is 0.323 e. The van der Waals surface area contributed by atoms with Gasteiger partial charge in [-0.25, -0.2) is 0 Å². The molecule has 2 N–H and O–H groups in total. The molecule has 8 nitrogen and oxygen atoms in total. The number of carbonyl (C=O) groups excluding carboxylic acids is 2. The van der Waals surface area contributed by atoms with E-state index in [-0.39, 0.29) is 24.4 Å². The van der Waals surface area contributed by atoms with E-state index in [2.05, 4.69) is 25.6 Å². The summed E-state index contributed by atoms with van der Waals surface area (Å²) in [7, 11) is 1.32. The van der Waals surface area contributed by atoms with Gasteiger partial charge in [0.25, 0.3) is 0 Å². The Morgan fingerprint density at radius 2 is 2.10 bits per heavy atom. The highest BCUT2D eigenvalue weighted by Crippen LogP contribution is 2.39. The Labute approximate surface area is 122 Å². The Bertz CT molecular complexity index is 510. The molecule has 0 aliphatic heterocycles. The number of methoxy groups -OCH3 is 1. The van der Waals surface area contributed by atoms with Crippen LogP contribution < -0.4 is 10.6 Å². The van der Waals surface area contributed by atoms with Gasteiger partial charge in [0, 0.05) is 5.92 Å². The molecule has 8 heteroatoms. The van der Waals surface area contributed by atoms with Gasteiger partial charge in [0.2, 0.25) is 11.8 Å². The zero-order valence-corrected chi connectivity index (χ0v) is 12.4. The summed E-state index contributed by atoms with van der Waals surface area (Å²) in [5.74, 6) is 0.163. The van der Waals surface area contributed by atoms with Crippen LogP contribution in [0.4, 0.5) is 6.01 Å². The van der Waals surface area contributed by atoms with E-state index in [0.717, 1.165) is 12.8 Å². The summed E-state index contributed by atoms with van der Waals surface area (Å²) < 4.78 is 10.0. The third-order valence-electron chi connectivity index (χ3n) is 3.22. The fourth-order valence-electron chi connectivity index (χ4n) is 1.86. The van der Waals surface area contributed by atoms with Crippen molar-refractivity contribution >= 4 is 17.9 Å². The number of nitrogens with one attached hydrogen (secondary N) is 2. The number of carbonyl (C=O) groups is 2. The van der Waals surface area contributed by atoms with E-state index in [4.69, 9.17) is 4.42 Å². The highest BCUT2D eigenvalue weighted by molar-refractivity contribution is 5.90. The molecule has 1 aliphatic carbocycles. The predicted molar refractivity (Wildman–Crippen MR) is 73.5 cm³/mol. The highest BCUT2D eigenvalue weighted by atomic mass is 16.5. The number of amides is 1. The SMILES string of the molecule is COC(=O)C(NCC(=O)Nc1nnc(C2CC2)o1)C(C)C. The maximum atomic E-state index is 11.8. The van der Waals surface area contributed by atoms with E-state index in [9.17, 15) is 9.59 Å². The minimum atomic E-state index is -0.537. The minimum absolute atomic E-state index is 0.00937. The van der Waals surface area contributed by atoms with Gasteiger partial charge in [-0.15, -0.1) is 5.10 Å². The summed E-state index contributed by atoms with van der Waals surface area (Å²) in [4.78, 5) is 23.3. The molecule has 0 bridgehead atoms. The van der Waals surface area contributed by atoms with Crippen molar-refractivity contribution in [3.05, 3.63) is 5.89 Å². The summed E-state index contributed by atoms with van der Waals surface area (Å²) in [5.41, 5.74) is 0. The number of rotatable bonds is 7. The van der Waals surface area contributed by atoms with E-state index in [1.807, 2.05) is 13.8 Å². The molecule has 1 aromatic rings. The summed E-state index contributed by atoms with van der Waals surface area (Å²) >= 11 is 0. The molecule has 116 valence electrons. The van der Waals surface area contributed by atoms with Crippen molar-refractivity contribution in [3.63, 3.8) is 0 Å². The van der Waals surface area contributed by atoms with Crippen LogP contribution in [0.2, 0.25) is 0 Å². The number of esters is 1. The molecule has 0 radical (unpaired) electrons. The Kier molecular flexibility index (Phi) is 4.89. The second-order valence-electron chi connectivity index (χ2n) is 5.39. The molecule has 1 unspecified atom stereocenters. The molecule has 2 rings (SSSR count). The van der Waals surface area contributed by atoms with E-state index in [1.165, 1.54) is 7.11 Å². The summed E-state index contributed by atoms with van der Waals surface area (Å²) in [6, 6.07) is -0.451. The van der Waals surface area contributed by atoms with Crippen LogP contribution in [0.15, 0.2) is 4.42 Å². The van der Waals surface area contributed by atoms with Gasteiger partial charge in [-0.05, 0) is 18.8 Å². The molecule has 1 aromatic heterocycles. The van der Waals surface area contributed by atoms with Crippen LogP contribution in [0.25, 0.3) is 0 Å². The number of hydrogen-bond acceptors (Lipinski definition) is 7. The molecule has 1 heterocycles. The molecule has 0 saturated heterocycles. The van der Waals surface area contributed by atoms with Crippen molar-refractivity contribution in [1.29, 1.82) is 0 Å². The first-order valence-electron chi connectivity index (χ1n) is 6.95. The largest absolute Gasteiger partial charge is 0.468 e. The van der Waals surface area contributed by atoms with Crippen LogP contribution in [0.1, 0.15) is 38.5 Å². The Balaban J connectivity index is 1.81. The van der Waals surface area contributed by atoms with Crippen molar-refractivity contribution in [2.75, 3.05) is 19.0 Å². The Morgan fingerprint density at radius 3 is 2.67 bits per heavy atom. The molecule has 1 atom stereocenters. The molecular formula is C13H20N4O4. The second kappa shape index (κ2) is 6.66. The third kappa shape index (κ3) is 4.25. The van der Waals surface area contributed by atoms with Gasteiger partial charge < -0.3 is 9.15 Å². The lowest BCUT2D eigenvalue weighted by Crippen LogP contribution is -2.45. The molecule has 0 spiro atoms. The van der Waals surface area contributed by atoms with Gasteiger partial charge in [0.05, 0.1) is 13.7 Å². The standard InChI is InChI=1S/C13H20N4O4/c1-7(2)10(12(19)20-3)14-6-9(18)15-13-17-16-11(21-13)8-4-5-8/h7-8,10,14H,4-6H2,1-3H3,(H,15,17,18). The topological polar surface area (TPSA) is 106 Å². The first kappa shape index (κ1) is 15.4. The van der Waals surface area contributed by atoms with E-state index in [0.29, 0.717) is 11.8 Å². The first-order valence-corrected chi connectivity index (χ1v) is 6.95. The van der Waals surface area contributed by atoms with Gasteiger partial charge in [-0.3, -0.25) is 20.2 Å².